The molecule has 1 aromatic carbocycles. The highest BCUT2D eigenvalue weighted by Crippen LogP contribution is 2.14. The predicted molar refractivity (Wildman–Crippen MR) is 78.4 cm³/mol. The van der Waals surface area contributed by atoms with E-state index in [1.165, 1.54) is 18.4 Å². The molecule has 104 valence electrons. The van der Waals surface area contributed by atoms with Gasteiger partial charge >= 0.3 is 6.03 Å². The van der Waals surface area contributed by atoms with Gasteiger partial charge in [0.25, 0.3) is 0 Å². The van der Waals surface area contributed by atoms with Gasteiger partial charge in [0.1, 0.15) is 0 Å². The van der Waals surface area contributed by atoms with Crippen LogP contribution in [0.5, 0.6) is 0 Å². The first-order valence-corrected chi connectivity index (χ1v) is 6.93. The van der Waals surface area contributed by atoms with E-state index in [9.17, 15) is 4.79 Å². The standard InChI is InChI=1S/C15H23N3O/c1-12-3-5-14(6-4-12)17-15(19)16-11-13-7-9-18(2)10-8-13/h3-6,13H,7-11H2,1-2H3,(H2,16,17,19). The molecule has 0 atom stereocenters. The van der Waals surface area contributed by atoms with Crippen molar-refractivity contribution in [2.75, 3.05) is 32.0 Å². The van der Waals surface area contributed by atoms with E-state index in [1.807, 2.05) is 31.2 Å². The summed E-state index contributed by atoms with van der Waals surface area (Å²) in [5.41, 5.74) is 2.03. The summed E-state index contributed by atoms with van der Waals surface area (Å²) in [6.07, 6.45) is 2.34. The number of carbonyl (C=O) groups excluding carboxylic acids is 1. The Balaban J connectivity index is 1.71. The average Bonchev–Trinajstić information content (AvgIpc) is 2.41. The van der Waals surface area contributed by atoms with Gasteiger partial charge in [0.15, 0.2) is 0 Å². The van der Waals surface area contributed by atoms with Gasteiger partial charge < -0.3 is 15.5 Å². The van der Waals surface area contributed by atoms with Gasteiger partial charge in [0, 0.05) is 12.2 Å². The minimum Gasteiger partial charge on any atom is -0.338 e. The molecule has 0 aliphatic carbocycles. The summed E-state index contributed by atoms with van der Waals surface area (Å²) in [6, 6.07) is 7.72. The topological polar surface area (TPSA) is 44.4 Å². The van der Waals surface area contributed by atoms with Gasteiger partial charge in [-0.2, -0.15) is 0 Å². The van der Waals surface area contributed by atoms with Crippen LogP contribution in [0.15, 0.2) is 24.3 Å². The zero-order chi connectivity index (χ0) is 13.7. The van der Waals surface area contributed by atoms with Crippen LogP contribution < -0.4 is 10.6 Å². The van der Waals surface area contributed by atoms with E-state index in [1.54, 1.807) is 0 Å². The van der Waals surface area contributed by atoms with E-state index in [-0.39, 0.29) is 6.03 Å². The maximum atomic E-state index is 11.8. The lowest BCUT2D eigenvalue weighted by atomic mass is 9.97. The zero-order valence-corrected chi connectivity index (χ0v) is 11.8. The summed E-state index contributed by atoms with van der Waals surface area (Å²) >= 11 is 0. The number of likely N-dealkylation sites (tertiary alicyclic amines) is 1. The number of aryl methyl sites for hydroxylation is 1. The van der Waals surface area contributed by atoms with Crippen molar-refractivity contribution in [2.45, 2.75) is 19.8 Å². The van der Waals surface area contributed by atoms with E-state index in [4.69, 9.17) is 0 Å². The molecule has 1 fully saturated rings. The fraction of sp³-hybridized carbons (Fsp3) is 0.533. The largest absolute Gasteiger partial charge is 0.338 e. The Morgan fingerprint density at radius 1 is 1.26 bits per heavy atom. The van der Waals surface area contributed by atoms with Gasteiger partial charge in [-0.1, -0.05) is 17.7 Å². The Bertz CT molecular complexity index is 408. The number of nitrogens with zero attached hydrogens (tertiary/aromatic N) is 1. The lowest BCUT2D eigenvalue weighted by molar-refractivity contribution is 0.213. The number of hydrogen-bond donors (Lipinski definition) is 2. The monoisotopic (exact) mass is 261 g/mol. The summed E-state index contributed by atoms with van der Waals surface area (Å²) in [4.78, 5) is 14.1. The highest BCUT2D eigenvalue weighted by molar-refractivity contribution is 5.89. The number of anilines is 1. The molecule has 19 heavy (non-hydrogen) atoms. The number of hydrogen-bond acceptors (Lipinski definition) is 2. The second kappa shape index (κ2) is 6.57. The zero-order valence-electron chi connectivity index (χ0n) is 11.8. The normalized spacial score (nSPS) is 17.2. The molecule has 0 saturated carbocycles. The second-order valence-corrected chi connectivity index (χ2v) is 5.45. The van der Waals surface area contributed by atoms with Crippen LogP contribution in [0.25, 0.3) is 0 Å². The van der Waals surface area contributed by atoms with Crippen molar-refractivity contribution in [2.24, 2.45) is 5.92 Å². The van der Waals surface area contributed by atoms with Crippen LogP contribution in [0, 0.1) is 12.8 Å². The quantitative estimate of drug-likeness (QED) is 0.878. The highest BCUT2D eigenvalue weighted by atomic mass is 16.2. The van der Waals surface area contributed by atoms with Crippen LogP contribution in [0.3, 0.4) is 0 Å². The van der Waals surface area contributed by atoms with Gasteiger partial charge in [-0.15, -0.1) is 0 Å². The van der Waals surface area contributed by atoms with Crippen LogP contribution in [0.2, 0.25) is 0 Å². The predicted octanol–water partition coefficient (Wildman–Crippen LogP) is 2.46. The first-order valence-electron chi connectivity index (χ1n) is 6.93. The number of amides is 2. The third kappa shape index (κ3) is 4.56. The van der Waals surface area contributed by atoms with Gasteiger partial charge in [-0.05, 0) is 58.0 Å². The van der Waals surface area contributed by atoms with Gasteiger partial charge in [-0.3, -0.25) is 0 Å². The molecule has 4 nitrogen and oxygen atoms in total. The minimum atomic E-state index is -0.109. The molecule has 1 aromatic rings. The molecule has 0 aromatic heterocycles. The van der Waals surface area contributed by atoms with Crippen LogP contribution in [-0.4, -0.2) is 37.6 Å². The Kier molecular flexibility index (Phi) is 4.80. The smallest absolute Gasteiger partial charge is 0.319 e. The molecule has 2 amide bonds. The number of nitrogens with one attached hydrogen (secondary N) is 2. The molecule has 0 radical (unpaired) electrons. The Morgan fingerprint density at radius 2 is 1.89 bits per heavy atom. The minimum absolute atomic E-state index is 0.109. The number of rotatable bonds is 3. The Hall–Kier alpha value is -1.55. The number of urea groups is 1. The molecule has 0 bridgehead atoms. The second-order valence-electron chi connectivity index (χ2n) is 5.45. The van der Waals surface area contributed by atoms with Crippen molar-refractivity contribution >= 4 is 11.7 Å². The van der Waals surface area contributed by atoms with Gasteiger partial charge in [0.05, 0.1) is 0 Å². The molecular weight excluding hydrogens is 238 g/mol. The van der Waals surface area contributed by atoms with Crippen LogP contribution in [-0.2, 0) is 0 Å². The molecule has 1 saturated heterocycles. The Morgan fingerprint density at radius 3 is 2.53 bits per heavy atom. The molecule has 2 rings (SSSR count). The third-order valence-electron chi connectivity index (χ3n) is 3.70. The van der Waals surface area contributed by atoms with Gasteiger partial charge in [-0.25, -0.2) is 4.79 Å². The first kappa shape index (κ1) is 13.9. The molecule has 1 aliphatic rings. The molecular formula is C15H23N3O. The number of benzene rings is 1. The fourth-order valence-electron chi connectivity index (χ4n) is 2.32. The lowest BCUT2D eigenvalue weighted by Crippen LogP contribution is -2.38. The van der Waals surface area contributed by atoms with Crippen molar-refractivity contribution in [1.29, 1.82) is 0 Å². The molecule has 4 heteroatoms. The first-order chi connectivity index (χ1) is 9.13. The Labute approximate surface area is 115 Å². The van der Waals surface area contributed by atoms with Gasteiger partial charge in [0.2, 0.25) is 0 Å². The molecule has 1 aliphatic heterocycles. The number of piperidine rings is 1. The van der Waals surface area contributed by atoms with Crippen molar-refractivity contribution in [3.8, 4) is 0 Å². The van der Waals surface area contributed by atoms with Crippen molar-refractivity contribution in [1.82, 2.24) is 10.2 Å². The SMILES string of the molecule is Cc1ccc(NC(=O)NCC2CCN(C)CC2)cc1. The van der Waals surface area contributed by atoms with Crippen LogP contribution in [0.1, 0.15) is 18.4 Å². The fourth-order valence-corrected chi connectivity index (χ4v) is 2.32. The average molecular weight is 261 g/mol. The summed E-state index contributed by atoms with van der Waals surface area (Å²) in [5.74, 6) is 0.611. The summed E-state index contributed by atoms with van der Waals surface area (Å²) in [7, 11) is 2.15. The van der Waals surface area contributed by atoms with E-state index in [0.717, 1.165) is 25.3 Å². The highest BCUT2D eigenvalue weighted by Gasteiger charge is 2.16. The summed E-state index contributed by atoms with van der Waals surface area (Å²) in [6.45, 7) is 5.06. The molecule has 0 spiro atoms. The van der Waals surface area contributed by atoms with E-state index < -0.39 is 0 Å². The molecule has 2 N–H and O–H groups in total. The lowest BCUT2D eigenvalue weighted by Gasteiger charge is -2.28. The number of carbonyl (C=O) groups is 1. The van der Waals surface area contributed by atoms with Crippen molar-refractivity contribution in [3.05, 3.63) is 29.8 Å². The molecule has 1 heterocycles. The maximum Gasteiger partial charge on any atom is 0.319 e. The van der Waals surface area contributed by atoms with E-state index >= 15 is 0 Å². The summed E-state index contributed by atoms with van der Waals surface area (Å²) < 4.78 is 0. The third-order valence-corrected chi connectivity index (χ3v) is 3.70. The van der Waals surface area contributed by atoms with E-state index in [0.29, 0.717) is 5.92 Å². The van der Waals surface area contributed by atoms with Crippen molar-refractivity contribution < 1.29 is 4.79 Å². The molecule has 0 unspecified atom stereocenters. The van der Waals surface area contributed by atoms with Crippen LogP contribution in [0.4, 0.5) is 10.5 Å². The van der Waals surface area contributed by atoms with E-state index in [2.05, 4.69) is 22.6 Å². The summed E-state index contributed by atoms with van der Waals surface area (Å²) in [5, 5.41) is 5.82. The van der Waals surface area contributed by atoms with Crippen LogP contribution >= 0.6 is 0 Å². The van der Waals surface area contributed by atoms with Crippen molar-refractivity contribution in [3.63, 3.8) is 0 Å². The maximum absolute atomic E-state index is 11.8.